The van der Waals surface area contributed by atoms with Crippen molar-refractivity contribution < 1.29 is 14.3 Å². The number of hydrogen-bond acceptors (Lipinski definition) is 4. The van der Waals surface area contributed by atoms with E-state index in [1.54, 1.807) is 12.1 Å². The quantitative estimate of drug-likeness (QED) is 0.801. The van der Waals surface area contributed by atoms with Crippen molar-refractivity contribution >= 4 is 45.1 Å². The van der Waals surface area contributed by atoms with Crippen molar-refractivity contribution in [2.75, 3.05) is 25.5 Å². The summed E-state index contributed by atoms with van der Waals surface area (Å²) in [6.07, 6.45) is 0. The highest BCUT2D eigenvalue weighted by Gasteiger charge is 2.15. The molecule has 1 rings (SSSR count). The maximum absolute atomic E-state index is 11.5. The van der Waals surface area contributed by atoms with E-state index in [0.29, 0.717) is 16.7 Å². The standard InChI is InChI=1S/C12H14BrClN2O3/c1-3-15-10(17)6-16-9-5-7(13)4-8(11(9)14)12(18)19-2/h4-5,16H,3,6H2,1-2H3,(H,15,17). The van der Waals surface area contributed by atoms with E-state index in [0.717, 1.165) is 0 Å². The monoisotopic (exact) mass is 348 g/mol. The van der Waals surface area contributed by atoms with Gasteiger partial charge in [-0.2, -0.15) is 0 Å². The minimum Gasteiger partial charge on any atom is -0.465 e. The first-order valence-corrected chi connectivity index (χ1v) is 6.74. The van der Waals surface area contributed by atoms with E-state index >= 15 is 0 Å². The van der Waals surface area contributed by atoms with Crippen LogP contribution in [0.5, 0.6) is 0 Å². The summed E-state index contributed by atoms with van der Waals surface area (Å²) in [7, 11) is 1.28. The molecular formula is C12H14BrClN2O3. The summed E-state index contributed by atoms with van der Waals surface area (Å²) in [5.41, 5.74) is 0.722. The van der Waals surface area contributed by atoms with Gasteiger partial charge in [0.25, 0.3) is 0 Å². The molecule has 0 radical (unpaired) electrons. The summed E-state index contributed by atoms with van der Waals surface area (Å²) >= 11 is 9.37. The number of nitrogens with one attached hydrogen (secondary N) is 2. The average molecular weight is 350 g/mol. The molecule has 1 aromatic carbocycles. The molecular weight excluding hydrogens is 336 g/mol. The summed E-state index contributed by atoms with van der Waals surface area (Å²) in [5, 5.41) is 5.75. The third-order valence-electron chi connectivity index (χ3n) is 2.26. The zero-order valence-electron chi connectivity index (χ0n) is 10.5. The highest BCUT2D eigenvalue weighted by molar-refractivity contribution is 9.10. The van der Waals surface area contributed by atoms with Gasteiger partial charge in [0.05, 0.1) is 29.9 Å². The predicted molar refractivity (Wildman–Crippen MR) is 77.7 cm³/mol. The molecule has 0 aromatic heterocycles. The molecule has 104 valence electrons. The van der Waals surface area contributed by atoms with Gasteiger partial charge in [-0.3, -0.25) is 4.79 Å². The van der Waals surface area contributed by atoms with E-state index in [2.05, 4.69) is 31.3 Å². The number of rotatable bonds is 5. The van der Waals surface area contributed by atoms with E-state index in [1.165, 1.54) is 7.11 Å². The van der Waals surface area contributed by atoms with Crippen LogP contribution in [0.2, 0.25) is 5.02 Å². The second-order valence-corrected chi connectivity index (χ2v) is 4.91. The van der Waals surface area contributed by atoms with Crippen molar-refractivity contribution in [2.45, 2.75) is 6.92 Å². The van der Waals surface area contributed by atoms with Gasteiger partial charge in [-0.1, -0.05) is 27.5 Å². The van der Waals surface area contributed by atoms with Gasteiger partial charge in [0.15, 0.2) is 0 Å². The third-order valence-corrected chi connectivity index (χ3v) is 3.12. The number of carbonyl (C=O) groups excluding carboxylic acids is 2. The molecule has 0 aliphatic carbocycles. The van der Waals surface area contributed by atoms with Crippen molar-refractivity contribution in [3.8, 4) is 0 Å². The number of amides is 1. The van der Waals surface area contributed by atoms with Gasteiger partial charge in [0.1, 0.15) is 0 Å². The summed E-state index contributed by atoms with van der Waals surface area (Å²) < 4.78 is 5.30. The minimum atomic E-state index is -0.535. The lowest BCUT2D eigenvalue weighted by atomic mass is 10.2. The molecule has 1 aromatic rings. The Balaban J connectivity index is 2.92. The van der Waals surface area contributed by atoms with Crippen molar-refractivity contribution in [3.05, 3.63) is 27.2 Å². The van der Waals surface area contributed by atoms with Crippen LogP contribution < -0.4 is 10.6 Å². The summed E-state index contributed by atoms with van der Waals surface area (Å²) in [6.45, 7) is 2.46. The van der Waals surface area contributed by atoms with E-state index in [-0.39, 0.29) is 23.0 Å². The van der Waals surface area contributed by atoms with E-state index in [9.17, 15) is 9.59 Å². The Labute approximate surface area is 124 Å². The highest BCUT2D eigenvalue weighted by atomic mass is 79.9. The van der Waals surface area contributed by atoms with Crippen LogP contribution in [0.1, 0.15) is 17.3 Å². The first kappa shape index (κ1) is 15.8. The molecule has 0 heterocycles. The normalized spacial score (nSPS) is 9.89. The predicted octanol–water partition coefficient (Wildman–Crippen LogP) is 2.44. The lowest BCUT2D eigenvalue weighted by Gasteiger charge is -2.11. The molecule has 1 amide bonds. The van der Waals surface area contributed by atoms with Crippen LogP contribution in [0.25, 0.3) is 0 Å². The number of esters is 1. The summed E-state index contributed by atoms with van der Waals surface area (Å²) in [6, 6.07) is 3.25. The maximum Gasteiger partial charge on any atom is 0.339 e. The summed E-state index contributed by atoms with van der Waals surface area (Å²) in [5.74, 6) is -0.689. The molecule has 19 heavy (non-hydrogen) atoms. The lowest BCUT2D eigenvalue weighted by molar-refractivity contribution is -0.119. The Morgan fingerprint density at radius 2 is 2.11 bits per heavy atom. The zero-order chi connectivity index (χ0) is 14.4. The van der Waals surface area contributed by atoms with Gasteiger partial charge in [-0.25, -0.2) is 4.79 Å². The average Bonchev–Trinajstić information content (AvgIpc) is 2.38. The molecule has 0 saturated heterocycles. The number of benzene rings is 1. The smallest absolute Gasteiger partial charge is 0.339 e. The van der Waals surface area contributed by atoms with Crippen LogP contribution >= 0.6 is 27.5 Å². The van der Waals surface area contributed by atoms with Gasteiger partial charge in [0, 0.05) is 11.0 Å². The first-order valence-electron chi connectivity index (χ1n) is 5.57. The topological polar surface area (TPSA) is 67.4 Å². The first-order chi connectivity index (χ1) is 8.99. The third kappa shape index (κ3) is 4.40. The second kappa shape index (κ2) is 7.35. The SMILES string of the molecule is CCNC(=O)CNc1cc(Br)cc(C(=O)OC)c1Cl. The van der Waals surface area contributed by atoms with Crippen molar-refractivity contribution in [2.24, 2.45) is 0 Å². The van der Waals surface area contributed by atoms with Crippen LogP contribution in [0.4, 0.5) is 5.69 Å². The van der Waals surface area contributed by atoms with Gasteiger partial charge in [-0.05, 0) is 19.1 Å². The van der Waals surface area contributed by atoms with Crippen LogP contribution in [0.15, 0.2) is 16.6 Å². The number of anilines is 1. The molecule has 0 spiro atoms. The summed E-state index contributed by atoms with van der Waals surface area (Å²) in [4.78, 5) is 22.9. The van der Waals surface area contributed by atoms with Crippen LogP contribution in [0.3, 0.4) is 0 Å². The largest absolute Gasteiger partial charge is 0.465 e. The molecule has 0 unspecified atom stereocenters. The number of carbonyl (C=O) groups is 2. The lowest BCUT2D eigenvalue weighted by Crippen LogP contribution is -2.29. The Hall–Kier alpha value is -1.27. The van der Waals surface area contributed by atoms with Crippen molar-refractivity contribution in [3.63, 3.8) is 0 Å². The number of likely N-dealkylation sites (N-methyl/N-ethyl adjacent to an activating group) is 1. The highest BCUT2D eigenvalue weighted by Crippen LogP contribution is 2.30. The number of methoxy groups -OCH3 is 1. The van der Waals surface area contributed by atoms with Crippen LogP contribution in [0, 0.1) is 0 Å². The fourth-order valence-electron chi connectivity index (χ4n) is 1.41. The molecule has 5 nitrogen and oxygen atoms in total. The fraction of sp³-hybridized carbons (Fsp3) is 0.333. The van der Waals surface area contributed by atoms with Gasteiger partial charge < -0.3 is 15.4 Å². The zero-order valence-corrected chi connectivity index (χ0v) is 12.9. The number of hydrogen-bond donors (Lipinski definition) is 2. The Bertz CT molecular complexity index is 494. The van der Waals surface area contributed by atoms with Crippen LogP contribution in [-0.2, 0) is 9.53 Å². The molecule has 0 aliphatic rings. The van der Waals surface area contributed by atoms with Crippen LogP contribution in [-0.4, -0.2) is 32.1 Å². The van der Waals surface area contributed by atoms with E-state index in [1.807, 2.05) is 6.92 Å². The van der Waals surface area contributed by atoms with Gasteiger partial charge >= 0.3 is 5.97 Å². The second-order valence-electron chi connectivity index (χ2n) is 3.61. The van der Waals surface area contributed by atoms with Gasteiger partial charge in [-0.15, -0.1) is 0 Å². The number of ether oxygens (including phenoxy) is 1. The fourth-order valence-corrected chi connectivity index (χ4v) is 2.12. The van der Waals surface area contributed by atoms with E-state index in [4.69, 9.17) is 11.6 Å². The van der Waals surface area contributed by atoms with E-state index < -0.39 is 5.97 Å². The Morgan fingerprint density at radius 1 is 1.42 bits per heavy atom. The molecule has 0 aliphatic heterocycles. The Kier molecular flexibility index (Phi) is 6.11. The molecule has 2 N–H and O–H groups in total. The minimum absolute atomic E-state index is 0.0740. The van der Waals surface area contributed by atoms with Crippen molar-refractivity contribution in [1.29, 1.82) is 0 Å². The van der Waals surface area contributed by atoms with Crippen molar-refractivity contribution in [1.82, 2.24) is 5.32 Å². The molecule has 0 bridgehead atoms. The molecule has 0 atom stereocenters. The Morgan fingerprint density at radius 3 is 2.68 bits per heavy atom. The molecule has 0 saturated carbocycles. The maximum atomic E-state index is 11.5. The van der Waals surface area contributed by atoms with Gasteiger partial charge in [0.2, 0.25) is 5.91 Å². The molecule has 7 heteroatoms. The molecule has 0 fully saturated rings. The number of halogens is 2.